The number of anilines is 1. The van der Waals surface area contributed by atoms with Gasteiger partial charge in [0.25, 0.3) is 0 Å². The highest BCUT2D eigenvalue weighted by Crippen LogP contribution is 2.22. The highest BCUT2D eigenvalue weighted by atomic mass is 32.2. The number of sulfonamides is 1. The molecule has 0 amide bonds. The number of benzene rings is 1. The molecule has 0 saturated heterocycles. The van der Waals surface area contributed by atoms with Crippen molar-refractivity contribution in [3.8, 4) is 5.75 Å². The van der Waals surface area contributed by atoms with Crippen LogP contribution in [0.3, 0.4) is 0 Å². The largest absolute Gasteiger partial charge is 0.508 e. The van der Waals surface area contributed by atoms with E-state index in [4.69, 9.17) is 0 Å². The Kier molecular flexibility index (Phi) is 6.15. The number of hydrogen-bond acceptors (Lipinski definition) is 3. The van der Waals surface area contributed by atoms with Crippen LogP contribution in [0.5, 0.6) is 5.75 Å². The van der Waals surface area contributed by atoms with Crippen molar-refractivity contribution in [2.45, 2.75) is 39.5 Å². The first-order valence-corrected chi connectivity index (χ1v) is 8.41. The quantitative estimate of drug-likeness (QED) is 0.798. The van der Waals surface area contributed by atoms with Crippen LogP contribution in [0.4, 0.5) is 5.69 Å². The lowest BCUT2D eigenvalue weighted by Gasteiger charge is -2.24. The van der Waals surface area contributed by atoms with Gasteiger partial charge in [-0.1, -0.05) is 26.7 Å². The van der Waals surface area contributed by atoms with Gasteiger partial charge in [0.15, 0.2) is 0 Å². The van der Waals surface area contributed by atoms with Gasteiger partial charge in [0.2, 0.25) is 10.0 Å². The van der Waals surface area contributed by atoms with Crippen molar-refractivity contribution < 1.29 is 13.5 Å². The Morgan fingerprint density at radius 1 is 1.05 bits per heavy atom. The van der Waals surface area contributed by atoms with Crippen LogP contribution in [0, 0.1) is 0 Å². The normalized spacial score (nSPS) is 11.5. The molecule has 0 heterocycles. The fourth-order valence-corrected chi connectivity index (χ4v) is 3.51. The van der Waals surface area contributed by atoms with Gasteiger partial charge < -0.3 is 5.11 Å². The third-order valence-electron chi connectivity index (χ3n) is 2.94. The molecule has 0 aliphatic carbocycles. The van der Waals surface area contributed by atoms with Gasteiger partial charge in [0.1, 0.15) is 5.75 Å². The zero-order valence-corrected chi connectivity index (χ0v) is 12.5. The number of aromatic hydroxyl groups is 1. The van der Waals surface area contributed by atoms with E-state index in [0.29, 0.717) is 18.7 Å². The highest BCUT2D eigenvalue weighted by Gasteiger charge is 2.21. The van der Waals surface area contributed by atoms with Crippen molar-refractivity contribution >= 4 is 15.7 Å². The summed E-state index contributed by atoms with van der Waals surface area (Å²) in [6.45, 7) is 4.51. The molecule has 0 atom stereocenters. The maximum Gasteiger partial charge on any atom is 0.235 e. The van der Waals surface area contributed by atoms with E-state index in [2.05, 4.69) is 0 Å². The molecule has 1 rings (SSSR count). The number of hydrogen-bond donors (Lipinski definition) is 1. The van der Waals surface area contributed by atoms with Gasteiger partial charge in [-0.3, -0.25) is 4.31 Å². The first-order chi connectivity index (χ1) is 9.01. The number of unbranched alkanes of at least 4 members (excludes halogenated alkanes) is 2. The molecule has 1 N–H and O–H groups in total. The molecule has 0 aliphatic rings. The molecule has 0 radical (unpaired) electrons. The maximum atomic E-state index is 12.3. The summed E-state index contributed by atoms with van der Waals surface area (Å²) in [6.07, 6.45) is 3.30. The summed E-state index contributed by atoms with van der Waals surface area (Å²) in [6, 6.07) is 6.33. The SMILES string of the molecule is CCCCN(c1ccc(O)cc1)S(=O)(=O)CCCC. The molecule has 5 heteroatoms. The zero-order valence-electron chi connectivity index (χ0n) is 11.7. The first kappa shape index (κ1) is 15.8. The predicted octanol–water partition coefficient (Wildman–Crippen LogP) is 3.13. The monoisotopic (exact) mass is 285 g/mol. The summed E-state index contributed by atoms with van der Waals surface area (Å²) in [7, 11) is -3.27. The van der Waals surface area contributed by atoms with E-state index >= 15 is 0 Å². The number of phenols is 1. The van der Waals surface area contributed by atoms with Crippen LogP contribution < -0.4 is 4.31 Å². The van der Waals surface area contributed by atoms with Gasteiger partial charge in [-0.25, -0.2) is 8.42 Å². The molecule has 1 aromatic carbocycles. The minimum atomic E-state index is -3.27. The fraction of sp³-hybridized carbons (Fsp3) is 0.571. The number of rotatable bonds is 8. The average molecular weight is 285 g/mol. The summed E-state index contributed by atoms with van der Waals surface area (Å²) in [5.41, 5.74) is 0.627. The minimum Gasteiger partial charge on any atom is -0.508 e. The second kappa shape index (κ2) is 7.38. The van der Waals surface area contributed by atoms with Crippen LogP contribution in [0.1, 0.15) is 39.5 Å². The van der Waals surface area contributed by atoms with E-state index in [1.807, 2.05) is 13.8 Å². The summed E-state index contributed by atoms with van der Waals surface area (Å²) in [5.74, 6) is 0.318. The molecule has 0 aliphatic heterocycles. The third kappa shape index (κ3) is 4.74. The molecule has 0 bridgehead atoms. The van der Waals surface area contributed by atoms with E-state index in [1.165, 1.54) is 16.4 Å². The van der Waals surface area contributed by atoms with Crippen LogP contribution in [0.15, 0.2) is 24.3 Å². The molecule has 0 saturated carbocycles. The van der Waals surface area contributed by atoms with Crippen LogP contribution in [-0.4, -0.2) is 25.8 Å². The Hall–Kier alpha value is -1.23. The van der Waals surface area contributed by atoms with E-state index < -0.39 is 10.0 Å². The van der Waals surface area contributed by atoms with Crippen LogP contribution >= 0.6 is 0 Å². The number of phenolic OH excluding ortho intramolecular Hbond substituents is 1. The van der Waals surface area contributed by atoms with Gasteiger partial charge in [-0.15, -0.1) is 0 Å². The molecule has 108 valence electrons. The van der Waals surface area contributed by atoms with Crippen molar-refractivity contribution in [1.29, 1.82) is 0 Å². The maximum absolute atomic E-state index is 12.3. The highest BCUT2D eigenvalue weighted by molar-refractivity contribution is 7.92. The third-order valence-corrected chi connectivity index (χ3v) is 4.81. The molecule has 0 fully saturated rings. The summed E-state index contributed by atoms with van der Waals surface area (Å²) < 4.78 is 26.2. The smallest absolute Gasteiger partial charge is 0.235 e. The first-order valence-electron chi connectivity index (χ1n) is 6.80. The Morgan fingerprint density at radius 2 is 1.63 bits per heavy atom. The second-order valence-electron chi connectivity index (χ2n) is 4.61. The summed E-state index contributed by atoms with van der Waals surface area (Å²) >= 11 is 0. The van der Waals surface area contributed by atoms with Crippen LogP contribution in [0.2, 0.25) is 0 Å². The summed E-state index contributed by atoms with van der Waals surface area (Å²) in [4.78, 5) is 0. The van der Waals surface area contributed by atoms with E-state index in [9.17, 15) is 13.5 Å². The lowest BCUT2D eigenvalue weighted by molar-refractivity contribution is 0.475. The standard InChI is InChI=1S/C14H23NO3S/c1-3-5-11-15(19(17,18)12-6-4-2)13-7-9-14(16)10-8-13/h7-10,16H,3-6,11-12H2,1-2H3. The molecule has 0 aromatic heterocycles. The van der Waals surface area contributed by atoms with Crippen molar-refractivity contribution in [3.05, 3.63) is 24.3 Å². The number of nitrogens with zero attached hydrogens (tertiary/aromatic N) is 1. The van der Waals surface area contributed by atoms with E-state index in [-0.39, 0.29) is 11.5 Å². The van der Waals surface area contributed by atoms with E-state index in [1.54, 1.807) is 12.1 Å². The molecular formula is C14H23NO3S. The molecule has 1 aromatic rings. The lowest BCUT2D eigenvalue weighted by Crippen LogP contribution is -2.33. The zero-order chi connectivity index (χ0) is 14.3. The molecule has 0 unspecified atom stereocenters. The Morgan fingerprint density at radius 3 is 2.16 bits per heavy atom. The van der Waals surface area contributed by atoms with Crippen molar-refractivity contribution in [2.24, 2.45) is 0 Å². The molecular weight excluding hydrogens is 262 g/mol. The molecule has 0 spiro atoms. The molecule has 4 nitrogen and oxygen atoms in total. The predicted molar refractivity (Wildman–Crippen MR) is 79.1 cm³/mol. The average Bonchev–Trinajstić information content (AvgIpc) is 2.39. The minimum absolute atomic E-state index is 0.144. The van der Waals surface area contributed by atoms with Crippen molar-refractivity contribution in [3.63, 3.8) is 0 Å². The van der Waals surface area contributed by atoms with E-state index in [0.717, 1.165) is 19.3 Å². The van der Waals surface area contributed by atoms with Crippen LogP contribution in [0.25, 0.3) is 0 Å². The van der Waals surface area contributed by atoms with Gasteiger partial charge in [-0.05, 0) is 37.1 Å². The Bertz CT molecular complexity index is 468. The lowest BCUT2D eigenvalue weighted by atomic mass is 10.3. The van der Waals surface area contributed by atoms with Crippen LogP contribution in [-0.2, 0) is 10.0 Å². The Labute approximate surface area is 116 Å². The fourth-order valence-electron chi connectivity index (χ4n) is 1.79. The molecule has 19 heavy (non-hydrogen) atoms. The summed E-state index contributed by atoms with van der Waals surface area (Å²) in [5, 5.41) is 9.29. The van der Waals surface area contributed by atoms with Gasteiger partial charge in [-0.2, -0.15) is 0 Å². The van der Waals surface area contributed by atoms with Crippen molar-refractivity contribution in [1.82, 2.24) is 0 Å². The van der Waals surface area contributed by atoms with Crippen molar-refractivity contribution in [2.75, 3.05) is 16.6 Å². The van der Waals surface area contributed by atoms with Gasteiger partial charge in [0, 0.05) is 6.54 Å². The van der Waals surface area contributed by atoms with Gasteiger partial charge >= 0.3 is 0 Å². The van der Waals surface area contributed by atoms with Gasteiger partial charge in [0.05, 0.1) is 11.4 Å². The topological polar surface area (TPSA) is 57.6 Å². The Balaban J connectivity index is 2.96. The second-order valence-corrected chi connectivity index (χ2v) is 6.62.